The highest BCUT2D eigenvalue weighted by Crippen LogP contribution is 2.21. The Bertz CT molecular complexity index is 556. The molecule has 0 spiro atoms. The van der Waals surface area contributed by atoms with E-state index in [0.29, 0.717) is 17.9 Å². The fourth-order valence-corrected chi connectivity index (χ4v) is 2.52. The lowest BCUT2D eigenvalue weighted by Crippen LogP contribution is -2.23. The summed E-state index contributed by atoms with van der Waals surface area (Å²) in [4.78, 5) is 17.1. The summed E-state index contributed by atoms with van der Waals surface area (Å²) in [5, 5.41) is 5.72. The summed E-state index contributed by atoms with van der Waals surface area (Å²) >= 11 is 7.28. The molecule has 0 saturated carbocycles. The van der Waals surface area contributed by atoms with E-state index in [9.17, 15) is 4.79 Å². The van der Waals surface area contributed by atoms with E-state index in [1.165, 1.54) is 11.3 Å². The fourth-order valence-electron chi connectivity index (χ4n) is 1.50. The van der Waals surface area contributed by atoms with Crippen LogP contribution in [0.1, 0.15) is 15.2 Å². The van der Waals surface area contributed by atoms with E-state index in [0.717, 1.165) is 9.21 Å². The summed E-state index contributed by atoms with van der Waals surface area (Å²) in [7, 11) is 1.73. The molecule has 0 radical (unpaired) electrons. The molecule has 2 rings (SSSR count). The van der Waals surface area contributed by atoms with Crippen molar-refractivity contribution in [1.29, 1.82) is 0 Å². The molecule has 2 heterocycles. The van der Waals surface area contributed by atoms with Gasteiger partial charge in [0, 0.05) is 18.1 Å². The number of hydrogen-bond donors (Lipinski definition) is 2. The molecule has 0 aromatic carbocycles. The maximum absolute atomic E-state index is 12.0. The molecule has 0 unspecified atom stereocenters. The number of anilines is 1. The third-order valence-corrected chi connectivity index (χ3v) is 3.57. The van der Waals surface area contributed by atoms with Crippen LogP contribution in [0.5, 0.6) is 0 Å². The highest BCUT2D eigenvalue weighted by atomic mass is 35.5. The van der Waals surface area contributed by atoms with Gasteiger partial charge in [0.15, 0.2) is 0 Å². The second-order valence-electron chi connectivity index (χ2n) is 3.54. The zero-order chi connectivity index (χ0) is 13.0. The van der Waals surface area contributed by atoms with Crippen LogP contribution in [0, 0.1) is 0 Å². The van der Waals surface area contributed by atoms with Crippen molar-refractivity contribution in [2.24, 2.45) is 0 Å². The van der Waals surface area contributed by atoms with Gasteiger partial charge in [-0.2, -0.15) is 0 Å². The Labute approximate surface area is 114 Å². The Morgan fingerprint density at radius 1 is 1.44 bits per heavy atom. The van der Waals surface area contributed by atoms with Gasteiger partial charge in [0.05, 0.1) is 16.4 Å². The normalized spacial score (nSPS) is 10.1. The van der Waals surface area contributed by atoms with Gasteiger partial charge < -0.3 is 10.6 Å². The van der Waals surface area contributed by atoms with Gasteiger partial charge in [0.25, 0.3) is 5.91 Å². The minimum absolute atomic E-state index is 0.156. The van der Waals surface area contributed by atoms with Gasteiger partial charge in [0.2, 0.25) is 0 Å². The van der Waals surface area contributed by atoms with Crippen molar-refractivity contribution in [3.63, 3.8) is 0 Å². The number of carbonyl (C=O) groups is 1. The molecule has 2 N–H and O–H groups in total. The van der Waals surface area contributed by atoms with Gasteiger partial charge in [-0.05, 0) is 24.3 Å². The number of halogens is 1. The molecule has 1 amide bonds. The number of pyridine rings is 1. The summed E-state index contributed by atoms with van der Waals surface area (Å²) in [5.74, 6) is 0.413. The lowest BCUT2D eigenvalue weighted by atomic mass is 10.2. The van der Waals surface area contributed by atoms with E-state index >= 15 is 0 Å². The quantitative estimate of drug-likeness (QED) is 0.906. The molecule has 2 aromatic heterocycles. The molecule has 0 aliphatic heterocycles. The van der Waals surface area contributed by atoms with Crippen molar-refractivity contribution in [2.45, 2.75) is 6.54 Å². The van der Waals surface area contributed by atoms with Gasteiger partial charge in [0.1, 0.15) is 5.82 Å². The van der Waals surface area contributed by atoms with Crippen LogP contribution in [-0.4, -0.2) is 17.9 Å². The molecule has 0 bridgehead atoms. The summed E-state index contributed by atoms with van der Waals surface area (Å²) in [6.07, 6.45) is 1.64. The molecule has 0 saturated heterocycles. The summed E-state index contributed by atoms with van der Waals surface area (Å²) < 4.78 is 0.719. The molecule has 0 aliphatic carbocycles. The minimum atomic E-state index is -0.156. The Kier molecular flexibility index (Phi) is 4.17. The lowest BCUT2D eigenvalue weighted by molar-refractivity contribution is 0.0952. The maximum atomic E-state index is 12.0. The maximum Gasteiger partial charge on any atom is 0.255 e. The van der Waals surface area contributed by atoms with E-state index in [-0.39, 0.29) is 5.91 Å². The van der Waals surface area contributed by atoms with Crippen molar-refractivity contribution < 1.29 is 4.79 Å². The Hall–Kier alpha value is -1.59. The van der Waals surface area contributed by atoms with Crippen LogP contribution in [0.3, 0.4) is 0 Å². The third kappa shape index (κ3) is 3.00. The first-order valence-corrected chi connectivity index (χ1v) is 6.55. The standard InChI is InChI=1S/C12H12ClN3OS/c1-14-11-9(3-2-6-15-11)12(17)16-7-8-4-5-10(13)18-8/h2-6H,7H2,1H3,(H,14,15)(H,16,17). The van der Waals surface area contributed by atoms with Crippen LogP contribution >= 0.6 is 22.9 Å². The first-order valence-electron chi connectivity index (χ1n) is 5.36. The molecule has 2 aromatic rings. The molecular weight excluding hydrogens is 270 g/mol. The average Bonchev–Trinajstić information content (AvgIpc) is 2.81. The highest BCUT2D eigenvalue weighted by Gasteiger charge is 2.11. The molecular formula is C12H12ClN3OS. The van der Waals surface area contributed by atoms with E-state index in [4.69, 9.17) is 11.6 Å². The van der Waals surface area contributed by atoms with Gasteiger partial charge in [-0.1, -0.05) is 11.6 Å². The molecule has 18 heavy (non-hydrogen) atoms. The van der Waals surface area contributed by atoms with Crippen LogP contribution in [-0.2, 0) is 6.54 Å². The van der Waals surface area contributed by atoms with Crippen LogP contribution in [0.2, 0.25) is 4.34 Å². The highest BCUT2D eigenvalue weighted by molar-refractivity contribution is 7.16. The van der Waals surface area contributed by atoms with Gasteiger partial charge in [-0.25, -0.2) is 4.98 Å². The first kappa shape index (κ1) is 12.9. The van der Waals surface area contributed by atoms with Gasteiger partial charge in [-0.3, -0.25) is 4.79 Å². The van der Waals surface area contributed by atoms with Gasteiger partial charge in [-0.15, -0.1) is 11.3 Å². The van der Waals surface area contributed by atoms with E-state index in [1.807, 2.05) is 12.1 Å². The zero-order valence-electron chi connectivity index (χ0n) is 9.74. The van der Waals surface area contributed by atoms with Crippen molar-refractivity contribution in [2.75, 3.05) is 12.4 Å². The van der Waals surface area contributed by atoms with E-state index in [1.54, 1.807) is 25.4 Å². The number of nitrogens with zero attached hydrogens (tertiary/aromatic N) is 1. The van der Waals surface area contributed by atoms with Crippen LogP contribution in [0.25, 0.3) is 0 Å². The average molecular weight is 282 g/mol. The Balaban J connectivity index is 2.03. The number of carbonyl (C=O) groups excluding carboxylic acids is 1. The number of aromatic nitrogens is 1. The van der Waals surface area contributed by atoms with Crippen molar-refractivity contribution >= 4 is 34.7 Å². The molecule has 0 aliphatic rings. The van der Waals surface area contributed by atoms with E-state index < -0.39 is 0 Å². The largest absolute Gasteiger partial charge is 0.372 e. The van der Waals surface area contributed by atoms with Gasteiger partial charge >= 0.3 is 0 Å². The summed E-state index contributed by atoms with van der Waals surface area (Å²) in [5.41, 5.74) is 0.530. The molecule has 0 fully saturated rings. The Morgan fingerprint density at radius 3 is 2.94 bits per heavy atom. The van der Waals surface area contributed by atoms with Crippen molar-refractivity contribution in [1.82, 2.24) is 10.3 Å². The number of amides is 1. The van der Waals surface area contributed by atoms with Crippen LogP contribution in [0.15, 0.2) is 30.5 Å². The molecule has 4 nitrogen and oxygen atoms in total. The number of nitrogens with one attached hydrogen (secondary N) is 2. The monoisotopic (exact) mass is 281 g/mol. The Morgan fingerprint density at radius 2 is 2.28 bits per heavy atom. The predicted molar refractivity (Wildman–Crippen MR) is 74.3 cm³/mol. The number of hydrogen-bond acceptors (Lipinski definition) is 4. The third-order valence-electron chi connectivity index (χ3n) is 2.34. The SMILES string of the molecule is CNc1ncccc1C(=O)NCc1ccc(Cl)s1. The summed E-state index contributed by atoms with van der Waals surface area (Å²) in [6, 6.07) is 7.18. The zero-order valence-corrected chi connectivity index (χ0v) is 11.3. The lowest BCUT2D eigenvalue weighted by Gasteiger charge is -2.07. The van der Waals surface area contributed by atoms with Crippen LogP contribution < -0.4 is 10.6 Å². The second-order valence-corrected chi connectivity index (χ2v) is 5.34. The fraction of sp³-hybridized carbons (Fsp3) is 0.167. The molecule has 94 valence electrons. The van der Waals surface area contributed by atoms with Crippen LogP contribution in [0.4, 0.5) is 5.82 Å². The predicted octanol–water partition coefficient (Wildman–Crippen LogP) is 2.77. The minimum Gasteiger partial charge on any atom is -0.372 e. The van der Waals surface area contributed by atoms with Crippen molar-refractivity contribution in [3.05, 3.63) is 45.2 Å². The van der Waals surface area contributed by atoms with E-state index in [2.05, 4.69) is 15.6 Å². The first-order chi connectivity index (χ1) is 8.70. The topological polar surface area (TPSA) is 54.0 Å². The number of rotatable bonds is 4. The molecule has 6 heteroatoms. The summed E-state index contributed by atoms with van der Waals surface area (Å²) in [6.45, 7) is 0.467. The second kappa shape index (κ2) is 5.84. The molecule has 0 atom stereocenters. The van der Waals surface area contributed by atoms with Crippen molar-refractivity contribution in [3.8, 4) is 0 Å². The smallest absolute Gasteiger partial charge is 0.255 e. The number of thiophene rings is 1.